The number of benzene rings is 8. The number of nitrogen functional groups attached to an aromatic ring is 1. The first-order valence-corrected chi connectivity index (χ1v) is 22.0. The summed E-state index contributed by atoms with van der Waals surface area (Å²) in [6.45, 7) is 10.5. The molecule has 0 radical (unpaired) electrons. The third-order valence-corrected chi connectivity index (χ3v) is 12.0. The Morgan fingerprint density at radius 1 is 0.469 bits per heavy atom. The number of nitrogens with zero attached hydrogens (tertiary/aromatic N) is 3. The van der Waals surface area contributed by atoms with Gasteiger partial charge in [0.1, 0.15) is 0 Å². The summed E-state index contributed by atoms with van der Waals surface area (Å²) in [6, 6.07) is 68.0. The van der Waals surface area contributed by atoms with Gasteiger partial charge in [0.15, 0.2) is 0 Å². The SMILES string of the molecule is CC.Cc1cccc(-n2c3ccccc3c3cc(-c4ccc5c(c4)c4ccccc4n5-c4ccc(C)c(-c5ncccc5C)c4)ccc32)c1.N=C(c1ccccc1)c1ccccc1N. The maximum absolute atomic E-state index is 8.03. The van der Waals surface area contributed by atoms with Gasteiger partial charge in [0.25, 0.3) is 0 Å². The van der Waals surface area contributed by atoms with Crippen LogP contribution < -0.4 is 5.73 Å². The summed E-state index contributed by atoms with van der Waals surface area (Å²) in [5.74, 6) is 0. The van der Waals surface area contributed by atoms with Crippen LogP contribution in [-0.2, 0) is 0 Å². The van der Waals surface area contributed by atoms with E-state index < -0.39 is 0 Å². The highest BCUT2D eigenvalue weighted by molar-refractivity contribution is 6.14. The zero-order chi connectivity index (χ0) is 44.3. The number of pyridine rings is 1. The molecule has 0 aliphatic heterocycles. The number of aromatic nitrogens is 3. The van der Waals surface area contributed by atoms with Crippen molar-refractivity contribution in [3.05, 3.63) is 228 Å². The molecule has 0 bridgehead atoms. The molecule has 5 nitrogen and oxygen atoms in total. The highest BCUT2D eigenvalue weighted by Gasteiger charge is 2.17. The highest BCUT2D eigenvalue weighted by atomic mass is 15.0. The van der Waals surface area contributed by atoms with Crippen LogP contribution in [0.2, 0.25) is 0 Å². The minimum atomic E-state index is 0.466. The van der Waals surface area contributed by atoms with Gasteiger partial charge in [0, 0.05) is 61.5 Å². The molecule has 0 amide bonds. The van der Waals surface area contributed by atoms with Crippen molar-refractivity contribution < 1.29 is 0 Å². The van der Waals surface area contributed by atoms with E-state index in [4.69, 9.17) is 16.1 Å². The fourth-order valence-electron chi connectivity index (χ4n) is 8.89. The van der Waals surface area contributed by atoms with E-state index in [0.29, 0.717) is 11.4 Å². The third-order valence-electron chi connectivity index (χ3n) is 12.0. The van der Waals surface area contributed by atoms with Gasteiger partial charge in [-0.1, -0.05) is 135 Å². The lowest BCUT2D eigenvalue weighted by Crippen LogP contribution is -2.04. The number of nitrogens with two attached hydrogens (primary N) is 1. The Labute approximate surface area is 375 Å². The van der Waals surface area contributed by atoms with Gasteiger partial charge in [0.2, 0.25) is 0 Å². The maximum atomic E-state index is 8.03. The van der Waals surface area contributed by atoms with Crippen LogP contribution in [0.5, 0.6) is 0 Å². The van der Waals surface area contributed by atoms with Gasteiger partial charge in [-0.25, -0.2) is 0 Å². The molecular weight excluding hydrogens is 779 g/mol. The van der Waals surface area contributed by atoms with E-state index in [9.17, 15) is 0 Å². The number of rotatable bonds is 6. The molecule has 0 aliphatic carbocycles. The third kappa shape index (κ3) is 7.62. The zero-order valence-corrected chi connectivity index (χ0v) is 37.0. The van der Waals surface area contributed by atoms with Crippen LogP contribution in [0.15, 0.2) is 200 Å². The molecule has 3 heterocycles. The second-order valence-corrected chi connectivity index (χ2v) is 16.0. The average molecular weight is 830 g/mol. The predicted molar refractivity (Wildman–Crippen MR) is 273 cm³/mol. The molecule has 312 valence electrons. The van der Waals surface area contributed by atoms with E-state index in [0.717, 1.165) is 22.5 Å². The largest absolute Gasteiger partial charge is 0.398 e. The average Bonchev–Trinajstić information content (AvgIpc) is 3.85. The van der Waals surface area contributed by atoms with Crippen LogP contribution in [0, 0.1) is 26.2 Å². The quantitative estimate of drug-likeness (QED) is 0.129. The number of anilines is 1. The number of hydrogen-bond donors (Lipinski definition) is 2. The van der Waals surface area contributed by atoms with Crippen molar-refractivity contribution in [2.75, 3.05) is 5.73 Å². The summed E-state index contributed by atoms with van der Waals surface area (Å²) in [5.41, 5.74) is 24.0. The fourth-order valence-corrected chi connectivity index (χ4v) is 8.89. The first kappa shape index (κ1) is 41.3. The summed E-state index contributed by atoms with van der Waals surface area (Å²) in [7, 11) is 0. The van der Waals surface area contributed by atoms with Crippen LogP contribution in [0.4, 0.5) is 5.69 Å². The van der Waals surface area contributed by atoms with Gasteiger partial charge in [0.05, 0.1) is 33.5 Å². The van der Waals surface area contributed by atoms with Gasteiger partial charge in [-0.3, -0.25) is 10.4 Å². The van der Waals surface area contributed by atoms with E-state index in [1.54, 1.807) is 0 Å². The molecule has 8 aromatic carbocycles. The number of nitrogens with one attached hydrogen (secondary N) is 1. The minimum Gasteiger partial charge on any atom is -0.398 e. The van der Waals surface area contributed by atoms with Crippen molar-refractivity contribution in [2.24, 2.45) is 0 Å². The number of hydrogen-bond acceptors (Lipinski definition) is 3. The Morgan fingerprint density at radius 3 is 1.64 bits per heavy atom. The predicted octanol–water partition coefficient (Wildman–Crippen LogP) is 15.2. The monoisotopic (exact) mass is 829 g/mol. The molecule has 5 heteroatoms. The molecule has 3 aromatic heterocycles. The van der Waals surface area contributed by atoms with Gasteiger partial charge in [-0.05, 0) is 121 Å². The van der Waals surface area contributed by atoms with Gasteiger partial charge < -0.3 is 14.9 Å². The van der Waals surface area contributed by atoms with Gasteiger partial charge in [-0.2, -0.15) is 0 Å². The molecule has 0 saturated heterocycles. The topological polar surface area (TPSA) is 72.6 Å². The second-order valence-electron chi connectivity index (χ2n) is 16.0. The van der Waals surface area contributed by atoms with Gasteiger partial charge >= 0.3 is 0 Å². The summed E-state index contributed by atoms with van der Waals surface area (Å²) >= 11 is 0. The normalized spacial score (nSPS) is 11.0. The van der Waals surface area contributed by atoms with E-state index in [1.165, 1.54) is 82.7 Å². The first-order chi connectivity index (χ1) is 31.3. The Hall–Kier alpha value is -8.02. The van der Waals surface area contributed by atoms with Crippen molar-refractivity contribution in [3.63, 3.8) is 0 Å². The highest BCUT2D eigenvalue weighted by Crippen LogP contribution is 2.39. The lowest BCUT2D eigenvalue weighted by Gasteiger charge is -2.13. The molecule has 11 rings (SSSR count). The Morgan fingerprint density at radius 2 is 1.03 bits per heavy atom. The minimum absolute atomic E-state index is 0.466. The Bertz CT molecular complexity index is 3480. The summed E-state index contributed by atoms with van der Waals surface area (Å²) < 4.78 is 4.79. The molecule has 0 fully saturated rings. The van der Waals surface area contributed by atoms with Crippen molar-refractivity contribution in [1.29, 1.82) is 5.41 Å². The van der Waals surface area contributed by atoms with Gasteiger partial charge in [-0.15, -0.1) is 0 Å². The summed E-state index contributed by atoms with van der Waals surface area (Å²) in [5, 5.41) is 13.1. The van der Waals surface area contributed by atoms with E-state index >= 15 is 0 Å². The molecule has 0 aliphatic rings. The fraction of sp³-hybridized carbons (Fsp3) is 0.0847. The number of para-hydroxylation sites is 3. The molecule has 11 aromatic rings. The van der Waals surface area contributed by atoms with Crippen molar-refractivity contribution in [3.8, 4) is 33.8 Å². The van der Waals surface area contributed by atoms with Crippen LogP contribution >= 0.6 is 0 Å². The second kappa shape index (κ2) is 17.8. The van der Waals surface area contributed by atoms with E-state index in [2.05, 4.69) is 163 Å². The molecule has 0 saturated carbocycles. The lowest BCUT2D eigenvalue weighted by molar-refractivity contribution is 1.17. The summed E-state index contributed by atoms with van der Waals surface area (Å²) in [4.78, 5) is 4.75. The standard InChI is InChI=1S/C44H33N3.C13H12N2.C2H6/c1-28-10-8-12-33(24-28)46-40-15-6-4-13-35(40)38-25-31(18-21-42(38)46)32-19-22-43-39(26-32)36-14-5-7-16-41(36)47(43)34-20-17-29(2)37(27-34)44-30(3)11-9-23-45-44;14-12-9-5-4-8-11(12)13(15)10-6-2-1-3-7-10;1-2/h4-27H,1-3H3;1-9,15H,14H2;1-2H3. The zero-order valence-electron chi connectivity index (χ0n) is 37.0. The van der Waals surface area contributed by atoms with Crippen molar-refractivity contribution >= 4 is 55.0 Å². The molecule has 0 unspecified atom stereocenters. The van der Waals surface area contributed by atoms with E-state index in [1.807, 2.05) is 80.7 Å². The number of fused-ring (bicyclic) bond motifs is 6. The Balaban J connectivity index is 0.000000258. The molecule has 3 N–H and O–H groups in total. The molecular formula is C59H51N5. The van der Waals surface area contributed by atoms with Crippen molar-refractivity contribution in [1.82, 2.24) is 14.1 Å². The van der Waals surface area contributed by atoms with Crippen LogP contribution in [0.25, 0.3) is 77.4 Å². The number of aryl methyl sites for hydroxylation is 3. The molecule has 0 atom stereocenters. The molecule has 0 spiro atoms. The lowest BCUT2D eigenvalue weighted by atomic mass is 10.0. The first-order valence-electron chi connectivity index (χ1n) is 22.0. The van der Waals surface area contributed by atoms with Crippen LogP contribution in [0.3, 0.4) is 0 Å². The van der Waals surface area contributed by atoms with Crippen LogP contribution in [-0.4, -0.2) is 19.8 Å². The summed E-state index contributed by atoms with van der Waals surface area (Å²) in [6.07, 6.45) is 1.88. The molecule has 64 heavy (non-hydrogen) atoms. The van der Waals surface area contributed by atoms with Crippen LogP contribution in [0.1, 0.15) is 41.7 Å². The smallest absolute Gasteiger partial charge is 0.0734 e. The van der Waals surface area contributed by atoms with Crippen molar-refractivity contribution in [2.45, 2.75) is 34.6 Å². The van der Waals surface area contributed by atoms with E-state index in [-0.39, 0.29) is 0 Å². The maximum Gasteiger partial charge on any atom is 0.0734 e. The Kier molecular flexibility index (Phi) is 11.5.